The number of rotatable bonds is 8. The van der Waals surface area contributed by atoms with Gasteiger partial charge in [0.2, 0.25) is 10.0 Å². The van der Waals surface area contributed by atoms with Gasteiger partial charge in [0.1, 0.15) is 0 Å². The number of nitrogens with zero attached hydrogens (tertiary/aromatic N) is 1. The predicted octanol–water partition coefficient (Wildman–Crippen LogP) is 2.01. The molecule has 1 N–H and O–H groups in total. The first-order valence-electron chi connectivity index (χ1n) is 7.15. The number of hydrogen-bond acceptors (Lipinski definition) is 4. The lowest BCUT2D eigenvalue weighted by molar-refractivity contribution is 0.124. The Morgan fingerprint density at radius 2 is 1.76 bits per heavy atom. The first kappa shape index (κ1) is 18.1. The van der Waals surface area contributed by atoms with Gasteiger partial charge in [-0.1, -0.05) is 12.1 Å². The fourth-order valence-electron chi connectivity index (χ4n) is 2.01. The average molecular weight is 314 g/mol. The van der Waals surface area contributed by atoms with Crippen LogP contribution in [0, 0.1) is 0 Å². The molecule has 0 heterocycles. The van der Waals surface area contributed by atoms with Crippen molar-refractivity contribution in [1.29, 1.82) is 0 Å². The minimum Gasteiger partial charge on any atom is -0.380 e. The molecule has 1 rings (SSSR count). The molecule has 5 nitrogen and oxygen atoms in total. The van der Waals surface area contributed by atoms with E-state index >= 15 is 0 Å². The Morgan fingerprint density at radius 1 is 1.19 bits per heavy atom. The van der Waals surface area contributed by atoms with Crippen LogP contribution >= 0.6 is 0 Å². The van der Waals surface area contributed by atoms with Gasteiger partial charge in [-0.05, 0) is 38.5 Å². The highest BCUT2D eigenvalue weighted by Gasteiger charge is 2.17. The standard InChI is InChI=1S/C15H26N2O3S/c1-6-20-11-12(2)16-13(3)14-7-9-15(10-8-14)21(18,19)17(4)5/h7-10,12-13,16H,6,11H2,1-5H3. The maximum atomic E-state index is 12.0. The molecule has 0 aromatic heterocycles. The minimum absolute atomic E-state index is 0.136. The Hall–Kier alpha value is -0.950. The smallest absolute Gasteiger partial charge is 0.242 e. The van der Waals surface area contributed by atoms with Crippen LogP contribution in [0.4, 0.5) is 0 Å². The third kappa shape index (κ3) is 5.07. The fraction of sp³-hybridized carbons (Fsp3) is 0.600. The summed E-state index contributed by atoms with van der Waals surface area (Å²) in [7, 11) is -0.300. The molecule has 6 heteroatoms. The molecule has 0 radical (unpaired) electrons. The Kier molecular flexibility index (Phi) is 6.80. The molecule has 120 valence electrons. The molecule has 1 aromatic rings. The van der Waals surface area contributed by atoms with Crippen LogP contribution in [-0.2, 0) is 14.8 Å². The van der Waals surface area contributed by atoms with Crippen LogP contribution in [0.5, 0.6) is 0 Å². The highest BCUT2D eigenvalue weighted by Crippen LogP contribution is 2.18. The van der Waals surface area contributed by atoms with Crippen LogP contribution in [-0.4, -0.2) is 46.1 Å². The summed E-state index contributed by atoms with van der Waals surface area (Å²) >= 11 is 0. The Balaban J connectivity index is 2.74. The van der Waals surface area contributed by atoms with Crippen molar-refractivity contribution >= 4 is 10.0 Å². The first-order valence-corrected chi connectivity index (χ1v) is 8.59. The maximum absolute atomic E-state index is 12.0. The lowest BCUT2D eigenvalue weighted by Gasteiger charge is -2.20. The van der Waals surface area contributed by atoms with Gasteiger partial charge < -0.3 is 10.1 Å². The molecule has 1 aromatic carbocycles. The van der Waals surface area contributed by atoms with Crippen LogP contribution in [0.3, 0.4) is 0 Å². The van der Waals surface area contributed by atoms with Crippen molar-refractivity contribution in [1.82, 2.24) is 9.62 Å². The summed E-state index contributed by atoms with van der Waals surface area (Å²) in [6.07, 6.45) is 0. The second kappa shape index (κ2) is 7.89. The summed E-state index contributed by atoms with van der Waals surface area (Å²) in [5.74, 6) is 0. The van der Waals surface area contributed by atoms with Crippen molar-refractivity contribution in [2.45, 2.75) is 37.8 Å². The second-order valence-electron chi connectivity index (χ2n) is 5.31. The van der Waals surface area contributed by atoms with Crippen molar-refractivity contribution < 1.29 is 13.2 Å². The fourth-order valence-corrected chi connectivity index (χ4v) is 2.91. The zero-order valence-electron chi connectivity index (χ0n) is 13.5. The summed E-state index contributed by atoms with van der Waals surface area (Å²) < 4.78 is 30.6. The minimum atomic E-state index is -3.36. The number of nitrogens with one attached hydrogen (secondary N) is 1. The van der Waals surface area contributed by atoms with Crippen LogP contribution in [0.25, 0.3) is 0 Å². The number of ether oxygens (including phenoxy) is 1. The van der Waals surface area contributed by atoms with Gasteiger partial charge in [-0.2, -0.15) is 0 Å². The average Bonchev–Trinajstić information content (AvgIpc) is 2.45. The third-order valence-electron chi connectivity index (χ3n) is 3.27. The Morgan fingerprint density at radius 3 is 2.24 bits per heavy atom. The van der Waals surface area contributed by atoms with Crippen molar-refractivity contribution in [3.8, 4) is 0 Å². The quantitative estimate of drug-likeness (QED) is 0.797. The van der Waals surface area contributed by atoms with Gasteiger partial charge in [-0.3, -0.25) is 0 Å². The lowest BCUT2D eigenvalue weighted by atomic mass is 10.1. The molecule has 0 fully saturated rings. The van der Waals surface area contributed by atoms with Crippen molar-refractivity contribution in [2.75, 3.05) is 27.3 Å². The lowest BCUT2D eigenvalue weighted by Crippen LogP contribution is -2.32. The molecule has 2 atom stereocenters. The van der Waals surface area contributed by atoms with E-state index in [1.807, 2.05) is 19.1 Å². The molecule has 0 bridgehead atoms. The number of sulfonamides is 1. The normalized spacial score (nSPS) is 15.1. The number of benzene rings is 1. The van der Waals surface area contributed by atoms with Gasteiger partial charge >= 0.3 is 0 Å². The molecule has 21 heavy (non-hydrogen) atoms. The largest absolute Gasteiger partial charge is 0.380 e. The van der Waals surface area contributed by atoms with E-state index < -0.39 is 10.0 Å². The molecule has 0 aliphatic heterocycles. The molecule has 0 saturated carbocycles. The Bertz CT molecular complexity index is 526. The SMILES string of the molecule is CCOCC(C)NC(C)c1ccc(S(=O)(=O)N(C)C)cc1. The Labute approximate surface area is 128 Å². The van der Waals surface area contributed by atoms with Gasteiger partial charge in [0.05, 0.1) is 11.5 Å². The van der Waals surface area contributed by atoms with Crippen LogP contribution in [0.1, 0.15) is 32.4 Å². The predicted molar refractivity (Wildman–Crippen MR) is 84.8 cm³/mol. The van der Waals surface area contributed by atoms with Gasteiger partial charge in [-0.15, -0.1) is 0 Å². The van der Waals surface area contributed by atoms with E-state index in [9.17, 15) is 8.42 Å². The van der Waals surface area contributed by atoms with Gasteiger partial charge in [0.15, 0.2) is 0 Å². The van der Waals surface area contributed by atoms with E-state index in [1.165, 1.54) is 18.4 Å². The molecule has 0 spiro atoms. The first-order chi connectivity index (χ1) is 9.78. The summed E-state index contributed by atoms with van der Waals surface area (Å²) in [6.45, 7) is 7.46. The molecule has 0 aliphatic carbocycles. The monoisotopic (exact) mass is 314 g/mol. The van der Waals surface area contributed by atoms with Crippen LogP contribution < -0.4 is 5.32 Å². The van der Waals surface area contributed by atoms with Crippen molar-refractivity contribution in [3.05, 3.63) is 29.8 Å². The van der Waals surface area contributed by atoms with Gasteiger partial charge in [0.25, 0.3) is 0 Å². The molecule has 0 amide bonds. The summed E-state index contributed by atoms with van der Waals surface area (Å²) in [4.78, 5) is 0.311. The highest BCUT2D eigenvalue weighted by molar-refractivity contribution is 7.89. The molecule has 0 saturated heterocycles. The topological polar surface area (TPSA) is 58.6 Å². The summed E-state index contributed by atoms with van der Waals surface area (Å²) in [6, 6.07) is 7.37. The third-order valence-corrected chi connectivity index (χ3v) is 5.09. The van der Waals surface area contributed by atoms with Crippen molar-refractivity contribution in [2.24, 2.45) is 0 Å². The van der Waals surface area contributed by atoms with E-state index in [1.54, 1.807) is 12.1 Å². The van der Waals surface area contributed by atoms with E-state index in [2.05, 4.69) is 19.2 Å². The maximum Gasteiger partial charge on any atom is 0.242 e. The van der Waals surface area contributed by atoms with Gasteiger partial charge in [-0.25, -0.2) is 12.7 Å². The zero-order valence-corrected chi connectivity index (χ0v) is 14.3. The number of hydrogen-bond donors (Lipinski definition) is 1. The van der Waals surface area contributed by atoms with E-state index in [0.717, 1.165) is 5.56 Å². The van der Waals surface area contributed by atoms with E-state index in [0.29, 0.717) is 18.1 Å². The second-order valence-corrected chi connectivity index (χ2v) is 7.46. The molecule has 0 aliphatic rings. The van der Waals surface area contributed by atoms with Crippen LogP contribution in [0.15, 0.2) is 29.2 Å². The van der Waals surface area contributed by atoms with Crippen LogP contribution in [0.2, 0.25) is 0 Å². The summed E-state index contributed by atoms with van der Waals surface area (Å²) in [5, 5.41) is 3.43. The van der Waals surface area contributed by atoms with Gasteiger partial charge in [0, 0.05) is 32.8 Å². The highest BCUT2D eigenvalue weighted by atomic mass is 32.2. The molecular weight excluding hydrogens is 288 g/mol. The summed E-state index contributed by atoms with van der Waals surface area (Å²) in [5.41, 5.74) is 1.05. The molecular formula is C15H26N2O3S. The zero-order chi connectivity index (χ0) is 16.0. The van der Waals surface area contributed by atoms with Crippen molar-refractivity contribution in [3.63, 3.8) is 0 Å². The molecule has 2 unspecified atom stereocenters. The van der Waals surface area contributed by atoms with E-state index in [4.69, 9.17) is 4.74 Å². The van der Waals surface area contributed by atoms with E-state index in [-0.39, 0.29) is 12.1 Å².